The normalized spacial score (nSPS) is 15.0. The zero-order valence-corrected chi connectivity index (χ0v) is 9.31. The lowest BCUT2D eigenvalue weighted by atomic mass is 10.0. The zero-order valence-electron chi connectivity index (χ0n) is 9.31. The Kier molecular flexibility index (Phi) is 2.96. The molecule has 0 spiro atoms. The van der Waals surface area contributed by atoms with Gasteiger partial charge in [-0.3, -0.25) is 4.79 Å². The second-order valence-corrected chi connectivity index (χ2v) is 3.88. The Balaban J connectivity index is 2.20. The smallest absolute Gasteiger partial charge is 0.257 e. The molecule has 0 saturated carbocycles. The summed E-state index contributed by atoms with van der Waals surface area (Å²) in [6.07, 6.45) is 0. The number of nitriles is 1. The Hall–Kier alpha value is -2.09. The molecule has 0 N–H and O–H groups in total. The van der Waals surface area contributed by atoms with Crippen LogP contribution in [0, 0.1) is 23.1 Å². The van der Waals surface area contributed by atoms with E-state index in [4.69, 9.17) is 10.00 Å². The Morgan fingerprint density at radius 1 is 1.59 bits per heavy atom. The van der Waals surface area contributed by atoms with Crippen molar-refractivity contribution >= 4 is 5.91 Å². The standard InChI is InChI=1S/C12H11FN2O2/c1-17-11-3-2-9(13)4-10(11)12(16)15-6-8(5-14)7-15/h2-4,8H,6-7H2,1H3. The molecule has 1 aliphatic heterocycles. The van der Waals surface area contributed by atoms with Gasteiger partial charge in [-0.15, -0.1) is 0 Å². The second kappa shape index (κ2) is 4.42. The summed E-state index contributed by atoms with van der Waals surface area (Å²) in [6, 6.07) is 5.89. The molecule has 0 unspecified atom stereocenters. The minimum atomic E-state index is -0.480. The number of ether oxygens (including phenoxy) is 1. The minimum absolute atomic E-state index is 0.112. The van der Waals surface area contributed by atoms with Crippen molar-refractivity contribution in [3.8, 4) is 11.8 Å². The summed E-state index contributed by atoms with van der Waals surface area (Å²) in [4.78, 5) is 13.5. The van der Waals surface area contributed by atoms with Gasteiger partial charge in [0.15, 0.2) is 0 Å². The van der Waals surface area contributed by atoms with Crippen molar-refractivity contribution in [2.24, 2.45) is 5.92 Å². The molecule has 1 heterocycles. The van der Waals surface area contributed by atoms with Gasteiger partial charge < -0.3 is 9.64 Å². The Morgan fingerprint density at radius 3 is 2.88 bits per heavy atom. The maximum absolute atomic E-state index is 13.1. The summed E-state index contributed by atoms with van der Waals surface area (Å²) in [7, 11) is 1.43. The van der Waals surface area contributed by atoms with Gasteiger partial charge in [0.2, 0.25) is 0 Å². The van der Waals surface area contributed by atoms with Gasteiger partial charge in [0.25, 0.3) is 5.91 Å². The van der Waals surface area contributed by atoms with Crippen molar-refractivity contribution in [2.45, 2.75) is 0 Å². The quantitative estimate of drug-likeness (QED) is 0.777. The number of methoxy groups -OCH3 is 1. The molecule has 2 rings (SSSR count). The number of halogens is 1. The van der Waals surface area contributed by atoms with E-state index in [2.05, 4.69) is 6.07 Å². The first kappa shape index (κ1) is 11.4. The number of carbonyl (C=O) groups is 1. The first-order chi connectivity index (χ1) is 8.15. The number of rotatable bonds is 2. The zero-order chi connectivity index (χ0) is 12.4. The molecule has 0 aliphatic carbocycles. The minimum Gasteiger partial charge on any atom is -0.496 e. The van der Waals surface area contributed by atoms with Gasteiger partial charge in [0.1, 0.15) is 11.6 Å². The molecule has 0 atom stereocenters. The fraction of sp³-hybridized carbons (Fsp3) is 0.333. The predicted octanol–water partition coefficient (Wildman–Crippen LogP) is 1.43. The number of carbonyl (C=O) groups excluding carboxylic acids is 1. The van der Waals surface area contributed by atoms with Crippen LogP contribution in [-0.2, 0) is 0 Å². The number of nitrogens with zero attached hydrogens (tertiary/aromatic N) is 2. The number of likely N-dealkylation sites (tertiary alicyclic amines) is 1. The van der Waals surface area contributed by atoms with E-state index in [1.54, 1.807) is 0 Å². The summed E-state index contributed by atoms with van der Waals surface area (Å²) < 4.78 is 18.1. The van der Waals surface area contributed by atoms with Crippen LogP contribution in [0.15, 0.2) is 18.2 Å². The van der Waals surface area contributed by atoms with Crippen LogP contribution in [0.4, 0.5) is 4.39 Å². The maximum atomic E-state index is 13.1. The molecule has 17 heavy (non-hydrogen) atoms. The molecule has 4 nitrogen and oxygen atoms in total. The van der Waals surface area contributed by atoms with Crippen LogP contribution in [0.2, 0.25) is 0 Å². The summed E-state index contributed by atoms with van der Waals surface area (Å²) in [5, 5.41) is 8.63. The molecule has 1 saturated heterocycles. The van der Waals surface area contributed by atoms with E-state index < -0.39 is 5.82 Å². The topological polar surface area (TPSA) is 53.3 Å². The van der Waals surface area contributed by atoms with Crippen molar-refractivity contribution in [3.63, 3.8) is 0 Å². The predicted molar refractivity (Wildman–Crippen MR) is 58.0 cm³/mol. The van der Waals surface area contributed by atoms with Crippen LogP contribution in [0.3, 0.4) is 0 Å². The summed E-state index contributed by atoms with van der Waals surface area (Å²) >= 11 is 0. The van der Waals surface area contributed by atoms with E-state index >= 15 is 0 Å². The van der Waals surface area contributed by atoms with Gasteiger partial charge in [-0.2, -0.15) is 5.26 Å². The summed E-state index contributed by atoms with van der Waals surface area (Å²) in [5.74, 6) is -0.547. The SMILES string of the molecule is COc1ccc(F)cc1C(=O)N1CC(C#N)C1. The third-order valence-electron chi connectivity index (χ3n) is 2.74. The molecule has 1 aliphatic rings. The van der Waals surface area contributed by atoms with Gasteiger partial charge in [0.05, 0.1) is 24.7 Å². The monoisotopic (exact) mass is 234 g/mol. The van der Waals surface area contributed by atoms with Crippen LogP contribution < -0.4 is 4.74 Å². The summed E-state index contributed by atoms with van der Waals surface area (Å²) in [5.41, 5.74) is 0.198. The van der Waals surface area contributed by atoms with Crippen LogP contribution >= 0.6 is 0 Å². The molecule has 5 heteroatoms. The Morgan fingerprint density at radius 2 is 2.29 bits per heavy atom. The van der Waals surface area contributed by atoms with Gasteiger partial charge >= 0.3 is 0 Å². The van der Waals surface area contributed by atoms with E-state index in [0.717, 1.165) is 6.07 Å². The molecule has 0 aromatic heterocycles. The lowest BCUT2D eigenvalue weighted by Gasteiger charge is -2.35. The summed E-state index contributed by atoms with van der Waals surface area (Å²) in [6.45, 7) is 0.796. The van der Waals surface area contributed by atoms with Gasteiger partial charge in [-0.05, 0) is 18.2 Å². The highest BCUT2D eigenvalue weighted by Crippen LogP contribution is 2.24. The highest BCUT2D eigenvalue weighted by Gasteiger charge is 2.32. The molecule has 1 amide bonds. The third kappa shape index (κ3) is 2.07. The fourth-order valence-corrected chi connectivity index (χ4v) is 1.74. The van der Waals surface area contributed by atoms with Crippen molar-refractivity contribution in [2.75, 3.05) is 20.2 Å². The van der Waals surface area contributed by atoms with Crippen LogP contribution in [-0.4, -0.2) is 31.0 Å². The van der Waals surface area contributed by atoms with Crippen molar-refractivity contribution in [3.05, 3.63) is 29.6 Å². The van der Waals surface area contributed by atoms with E-state index in [9.17, 15) is 9.18 Å². The first-order valence-corrected chi connectivity index (χ1v) is 5.18. The Labute approximate surface area is 98.2 Å². The molecular formula is C12H11FN2O2. The van der Waals surface area contributed by atoms with E-state index in [1.807, 2.05) is 0 Å². The number of hydrogen-bond donors (Lipinski definition) is 0. The molecule has 1 fully saturated rings. The number of amides is 1. The molecule has 1 aromatic carbocycles. The Bertz CT molecular complexity index is 490. The van der Waals surface area contributed by atoms with Crippen molar-refractivity contribution < 1.29 is 13.9 Å². The van der Waals surface area contributed by atoms with E-state index in [-0.39, 0.29) is 17.4 Å². The lowest BCUT2D eigenvalue weighted by Crippen LogP contribution is -2.49. The van der Waals surface area contributed by atoms with Crippen molar-refractivity contribution in [1.82, 2.24) is 4.90 Å². The maximum Gasteiger partial charge on any atom is 0.257 e. The van der Waals surface area contributed by atoms with Crippen LogP contribution in [0.25, 0.3) is 0 Å². The van der Waals surface area contributed by atoms with Crippen molar-refractivity contribution in [1.29, 1.82) is 5.26 Å². The van der Waals surface area contributed by atoms with E-state index in [0.29, 0.717) is 18.8 Å². The number of benzene rings is 1. The van der Waals surface area contributed by atoms with Crippen LogP contribution in [0.5, 0.6) is 5.75 Å². The van der Waals surface area contributed by atoms with Gasteiger partial charge in [-0.25, -0.2) is 4.39 Å². The first-order valence-electron chi connectivity index (χ1n) is 5.18. The highest BCUT2D eigenvalue weighted by molar-refractivity contribution is 5.97. The fourth-order valence-electron chi connectivity index (χ4n) is 1.74. The van der Waals surface area contributed by atoms with E-state index in [1.165, 1.54) is 24.1 Å². The average Bonchev–Trinajstić information content (AvgIpc) is 2.27. The second-order valence-electron chi connectivity index (χ2n) is 3.88. The molecule has 0 radical (unpaired) electrons. The largest absolute Gasteiger partial charge is 0.496 e. The average molecular weight is 234 g/mol. The van der Waals surface area contributed by atoms with Gasteiger partial charge in [-0.1, -0.05) is 0 Å². The molecule has 1 aromatic rings. The lowest BCUT2D eigenvalue weighted by molar-refractivity contribution is 0.0573. The number of hydrogen-bond acceptors (Lipinski definition) is 3. The molecule has 0 bridgehead atoms. The van der Waals surface area contributed by atoms with Gasteiger partial charge in [0, 0.05) is 13.1 Å². The molecule has 88 valence electrons. The third-order valence-corrected chi connectivity index (χ3v) is 2.74. The molecular weight excluding hydrogens is 223 g/mol. The van der Waals surface area contributed by atoms with Crippen LogP contribution in [0.1, 0.15) is 10.4 Å². The highest BCUT2D eigenvalue weighted by atomic mass is 19.1.